The maximum Gasteiger partial charge on any atom is 0.240 e. The van der Waals surface area contributed by atoms with Crippen molar-refractivity contribution in [2.24, 2.45) is 0 Å². The normalized spacial score (nSPS) is 15.4. The van der Waals surface area contributed by atoms with E-state index in [1.54, 1.807) is 0 Å². The van der Waals surface area contributed by atoms with Gasteiger partial charge in [0.2, 0.25) is 5.91 Å². The number of hydrogen-bond acceptors (Lipinski definition) is 4. The highest BCUT2D eigenvalue weighted by molar-refractivity contribution is 5.85. The number of nitrogens with one attached hydrogen (secondary N) is 2. The van der Waals surface area contributed by atoms with Crippen molar-refractivity contribution >= 4 is 5.91 Å². The van der Waals surface area contributed by atoms with Crippen molar-refractivity contribution in [2.75, 3.05) is 19.8 Å². The highest BCUT2D eigenvalue weighted by Crippen LogP contribution is 2.32. The summed E-state index contributed by atoms with van der Waals surface area (Å²) in [5.41, 5.74) is 0.413. The van der Waals surface area contributed by atoms with Crippen LogP contribution < -0.4 is 20.1 Å². The number of carbonyl (C=O) groups excluding carboxylic acids is 1. The van der Waals surface area contributed by atoms with Crippen LogP contribution in [0.25, 0.3) is 0 Å². The van der Waals surface area contributed by atoms with E-state index in [-0.39, 0.29) is 11.9 Å². The SMILES string of the molecule is CCNC(C)(C)C(=O)NC(C)c1ccc2c(c1)OCCO2. The van der Waals surface area contributed by atoms with Crippen molar-refractivity contribution in [1.82, 2.24) is 10.6 Å². The summed E-state index contributed by atoms with van der Waals surface area (Å²) in [5, 5.41) is 6.20. The molecule has 0 aliphatic carbocycles. The molecule has 1 unspecified atom stereocenters. The fourth-order valence-electron chi connectivity index (χ4n) is 2.31. The van der Waals surface area contributed by atoms with E-state index in [9.17, 15) is 4.79 Å². The number of amides is 1. The molecule has 1 aliphatic heterocycles. The second kappa shape index (κ2) is 6.35. The lowest BCUT2D eigenvalue weighted by Crippen LogP contribution is -2.52. The molecule has 1 amide bonds. The van der Waals surface area contributed by atoms with Crippen LogP contribution in [0.3, 0.4) is 0 Å². The highest BCUT2D eigenvalue weighted by atomic mass is 16.6. The molecule has 1 heterocycles. The van der Waals surface area contributed by atoms with Gasteiger partial charge in [0.15, 0.2) is 11.5 Å². The molecular weight excluding hydrogens is 268 g/mol. The maximum atomic E-state index is 12.3. The molecule has 1 aromatic rings. The van der Waals surface area contributed by atoms with E-state index in [0.29, 0.717) is 13.2 Å². The predicted octanol–water partition coefficient (Wildman–Crippen LogP) is 2.02. The van der Waals surface area contributed by atoms with Gasteiger partial charge in [-0.1, -0.05) is 13.0 Å². The Morgan fingerprint density at radius 1 is 1.29 bits per heavy atom. The van der Waals surface area contributed by atoms with Gasteiger partial charge in [0.05, 0.1) is 11.6 Å². The Labute approximate surface area is 126 Å². The number of likely N-dealkylation sites (N-methyl/N-ethyl adjacent to an activating group) is 1. The molecule has 1 aliphatic rings. The molecule has 1 atom stereocenters. The number of hydrogen-bond donors (Lipinski definition) is 2. The first kappa shape index (κ1) is 15.6. The zero-order chi connectivity index (χ0) is 15.5. The Morgan fingerprint density at radius 3 is 2.62 bits per heavy atom. The third-order valence-electron chi connectivity index (χ3n) is 3.60. The van der Waals surface area contributed by atoms with E-state index >= 15 is 0 Å². The molecule has 0 saturated heterocycles. The average Bonchev–Trinajstić information content (AvgIpc) is 2.46. The molecule has 0 saturated carbocycles. The van der Waals surface area contributed by atoms with Crippen molar-refractivity contribution < 1.29 is 14.3 Å². The number of benzene rings is 1. The summed E-state index contributed by atoms with van der Waals surface area (Å²) in [6.45, 7) is 9.59. The number of rotatable bonds is 5. The molecule has 0 radical (unpaired) electrons. The van der Waals surface area contributed by atoms with Crippen LogP contribution in [0.15, 0.2) is 18.2 Å². The van der Waals surface area contributed by atoms with Gasteiger partial charge in [0.25, 0.3) is 0 Å². The van der Waals surface area contributed by atoms with Crippen LogP contribution in [0.5, 0.6) is 11.5 Å². The molecule has 0 spiro atoms. The second-order valence-corrected chi connectivity index (χ2v) is 5.75. The van der Waals surface area contributed by atoms with E-state index < -0.39 is 5.54 Å². The first-order valence-electron chi connectivity index (χ1n) is 7.39. The number of fused-ring (bicyclic) bond motifs is 1. The van der Waals surface area contributed by atoms with Crippen LogP contribution in [0.2, 0.25) is 0 Å². The minimum absolute atomic E-state index is 0.0215. The van der Waals surface area contributed by atoms with Crippen molar-refractivity contribution in [3.8, 4) is 11.5 Å². The lowest BCUT2D eigenvalue weighted by molar-refractivity contribution is -0.127. The maximum absolute atomic E-state index is 12.3. The van der Waals surface area contributed by atoms with Crippen molar-refractivity contribution in [3.63, 3.8) is 0 Å². The van der Waals surface area contributed by atoms with Crippen LogP contribution in [0.4, 0.5) is 0 Å². The minimum atomic E-state index is -0.586. The third kappa shape index (κ3) is 3.67. The van der Waals surface area contributed by atoms with E-state index in [1.165, 1.54) is 0 Å². The lowest BCUT2D eigenvalue weighted by Gasteiger charge is -2.27. The molecule has 2 N–H and O–H groups in total. The van der Waals surface area contributed by atoms with E-state index in [0.717, 1.165) is 23.6 Å². The quantitative estimate of drug-likeness (QED) is 0.872. The Bertz CT molecular complexity index is 514. The second-order valence-electron chi connectivity index (χ2n) is 5.75. The van der Waals surface area contributed by atoms with E-state index in [1.807, 2.05) is 45.9 Å². The van der Waals surface area contributed by atoms with Gasteiger partial charge in [0.1, 0.15) is 13.2 Å². The summed E-state index contributed by atoms with van der Waals surface area (Å²) < 4.78 is 11.1. The molecule has 116 valence electrons. The Kier molecular flexibility index (Phi) is 4.73. The Morgan fingerprint density at radius 2 is 1.95 bits per heavy atom. The Hall–Kier alpha value is -1.75. The first-order valence-corrected chi connectivity index (χ1v) is 7.39. The molecule has 21 heavy (non-hydrogen) atoms. The number of carbonyl (C=O) groups is 1. The minimum Gasteiger partial charge on any atom is -0.486 e. The fraction of sp³-hybridized carbons (Fsp3) is 0.562. The van der Waals surface area contributed by atoms with Gasteiger partial charge < -0.3 is 20.1 Å². The standard InChI is InChI=1S/C16H24N2O3/c1-5-17-16(3,4)15(19)18-11(2)12-6-7-13-14(10-12)21-9-8-20-13/h6-7,10-11,17H,5,8-9H2,1-4H3,(H,18,19). The summed E-state index contributed by atoms with van der Waals surface area (Å²) in [7, 11) is 0. The summed E-state index contributed by atoms with van der Waals surface area (Å²) >= 11 is 0. The van der Waals surface area contributed by atoms with Gasteiger partial charge in [-0.25, -0.2) is 0 Å². The third-order valence-corrected chi connectivity index (χ3v) is 3.60. The smallest absolute Gasteiger partial charge is 0.240 e. The van der Waals surface area contributed by atoms with Gasteiger partial charge in [-0.05, 0) is 45.0 Å². The van der Waals surface area contributed by atoms with E-state index in [2.05, 4.69) is 10.6 Å². The molecule has 0 aromatic heterocycles. The van der Waals surface area contributed by atoms with Crippen LogP contribution >= 0.6 is 0 Å². The Balaban J connectivity index is 2.06. The average molecular weight is 292 g/mol. The topological polar surface area (TPSA) is 59.6 Å². The molecule has 5 nitrogen and oxygen atoms in total. The summed E-state index contributed by atoms with van der Waals surface area (Å²) in [6, 6.07) is 5.69. The van der Waals surface area contributed by atoms with Gasteiger partial charge in [-0.15, -0.1) is 0 Å². The molecule has 0 fully saturated rings. The molecular formula is C16H24N2O3. The lowest BCUT2D eigenvalue weighted by atomic mass is 10.0. The number of ether oxygens (including phenoxy) is 2. The predicted molar refractivity (Wildman–Crippen MR) is 81.7 cm³/mol. The molecule has 0 bridgehead atoms. The first-order chi connectivity index (χ1) is 9.94. The monoisotopic (exact) mass is 292 g/mol. The van der Waals surface area contributed by atoms with Gasteiger partial charge in [0, 0.05) is 0 Å². The van der Waals surface area contributed by atoms with Crippen LogP contribution in [-0.2, 0) is 4.79 Å². The van der Waals surface area contributed by atoms with Crippen molar-refractivity contribution in [3.05, 3.63) is 23.8 Å². The van der Waals surface area contributed by atoms with Crippen LogP contribution in [-0.4, -0.2) is 31.2 Å². The summed E-state index contributed by atoms with van der Waals surface area (Å²) in [4.78, 5) is 12.3. The van der Waals surface area contributed by atoms with Crippen LogP contribution in [0.1, 0.15) is 39.3 Å². The highest BCUT2D eigenvalue weighted by Gasteiger charge is 2.27. The van der Waals surface area contributed by atoms with Crippen molar-refractivity contribution in [2.45, 2.75) is 39.3 Å². The summed E-state index contributed by atoms with van der Waals surface area (Å²) in [5.74, 6) is 1.48. The zero-order valence-electron chi connectivity index (χ0n) is 13.2. The summed E-state index contributed by atoms with van der Waals surface area (Å²) in [6.07, 6.45) is 0. The van der Waals surface area contributed by atoms with E-state index in [4.69, 9.17) is 9.47 Å². The zero-order valence-corrected chi connectivity index (χ0v) is 13.2. The van der Waals surface area contributed by atoms with Gasteiger partial charge >= 0.3 is 0 Å². The van der Waals surface area contributed by atoms with Gasteiger partial charge in [-0.3, -0.25) is 4.79 Å². The molecule has 2 rings (SSSR count). The van der Waals surface area contributed by atoms with Crippen molar-refractivity contribution in [1.29, 1.82) is 0 Å². The van der Waals surface area contributed by atoms with Crippen LogP contribution in [0, 0.1) is 0 Å². The molecule has 5 heteroatoms. The largest absolute Gasteiger partial charge is 0.486 e. The fourth-order valence-corrected chi connectivity index (χ4v) is 2.31. The molecule has 1 aromatic carbocycles. The van der Waals surface area contributed by atoms with Gasteiger partial charge in [-0.2, -0.15) is 0 Å².